The van der Waals surface area contributed by atoms with Gasteiger partial charge in [-0.05, 0) is 23.8 Å². The zero-order valence-electron chi connectivity index (χ0n) is 11.2. The molecule has 0 atom stereocenters. The molecule has 1 aromatic carbocycles. The number of aliphatic hydroxyl groups is 1. The predicted octanol–water partition coefficient (Wildman–Crippen LogP) is 1.27. The Balaban J connectivity index is 2.15. The van der Waals surface area contributed by atoms with Crippen LogP contribution >= 0.6 is 0 Å². The van der Waals surface area contributed by atoms with Crippen LogP contribution in [0.3, 0.4) is 0 Å². The third-order valence-electron chi connectivity index (χ3n) is 3.01. The zero-order chi connectivity index (χ0) is 15.6. The van der Waals surface area contributed by atoms with Gasteiger partial charge in [0.2, 0.25) is 10.0 Å². The second kappa shape index (κ2) is 5.92. The highest BCUT2D eigenvalue weighted by Crippen LogP contribution is 2.14. The fourth-order valence-corrected chi connectivity index (χ4v) is 2.90. The average molecular weight is 316 g/mol. The number of rotatable bonds is 5. The highest BCUT2D eigenvalue weighted by Gasteiger charge is 2.17. The molecule has 1 aromatic heterocycles. The SMILES string of the molecule is Cn1cc(S(=O)(=O)NCc2ccc(F)c(F)c2)cc1CO. The number of aliphatic hydroxyl groups excluding tert-OH is 1. The highest BCUT2D eigenvalue weighted by atomic mass is 32.2. The molecule has 0 bridgehead atoms. The van der Waals surface area contributed by atoms with Crippen LogP contribution in [0, 0.1) is 11.6 Å². The van der Waals surface area contributed by atoms with Crippen molar-refractivity contribution in [2.45, 2.75) is 18.0 Å². The van der Waals surface area contributed by atoms with Crippen LogP contribution in [0.1, 0.15) is 11.3 Å². The van der Waals surface area contributed by atoms with Crippen molar-refractivity contribution in [3.8, 4) is 0 Å². The predicted molar refractivity (Wildman–Crippen MR) is 71.7 cm³/mol. The lowest BCUT2D eigenvalue weighted by Gasteiger charge is -2.05. The van der Waals surface area contributed by atoms with Crippen LogP contribution in [0.25, 0.3) is 0 Å². The number of aryl methyl sites for hydroxylation is 1. The van der Waals surface area contributed by atoms with E-state index in [4.69, 9.17) is 5.11 Å². The Morgan fingerprint density at radius 2 is 1.95 bits per heavy atom. The maximum absolute atomic E-state index is 13.0. The maximum atomic E-state index is 13.0. The zero-order valence-corrected chi connectivity index (χ0v) is 12.0. The number of hydrogen-bond donors (Lipinski definition) is 2. The monoisotopic (exact) mass is 316 g/mol. The third-order valence-corrected chi connectivity index (χ3v) is 4.37. The van der Waals surface area contributed by atoms with E-state index < -0.39 is 21.7 Å². The molecule has 0 aliphatic carbocycles. The molecule has 2 N–H and O–H groups in total. The largest absolute Gasteiger partial charge is 0.390 e. The molecule has 0 saturated carbocycles. The van der Waals surface area contributed by atoms with Crippen molar-refractivity contribution in [2.75, 3.05) is 0 Å². The minimum atomic E-state index is -3.79. The molecule has 1 heterocycles. The summed E-state index contributed by atoms with van der Waals surface area (Å²) in [5.74, 6) is -2.02. The Kier molecular flexibility index (Phi) is 4.40. The average Bonchev–Trinajstić information content (AvgIpc) is 2.82. The van der Waals surface area contributed by atoms with Gasteiger partial charge < -0.3 is 9.67 Å². The van der Waals surface area contributed by atoms with Gasteiger partial charge in [-0.2, -0.15) is 0 Å². The normalized spacial score (nSPS) is 11.8. The van der Waals surface area contributed by atoms with E-state index in [0.717, 1.165) is 12.1 Å². The van der Waals surface area contributed by atoms with Crippen molar-refractivity contribution >= 4 is 10.0 Å². The van der Waals surface area contributed by atoms with Crippen LogP contribution < -0.4 is 4.72 Å². The molecule has 0 fully saturated rings. The lowest BCUT2D eigenvalue weighted by molar-refractivity contribution is 0.272. The van der Waals surface area contributed by atoms with Crippen molar-refractivity contribution in [1.82, 2.24) is 9.29 Å². The van der Waals surface area contributed by atoms with Crippen LogP contribution in [-0.2, 0) is 30.2 Å². The molecular formula is C13H14F2N2O3S. The summed E-state index contributed by atoms with van der Waals surface area (Å²) in [7, 11) is -2.18. The van der Waals surface area contributed by atoms with Crippen molar-refractivity contribution < 1.29 is 22.3 Å². The molecule has 0 spiro atoms. The summed E-state index contributed by atoms with van der Waals surface area (Å²) in [5, 5.41) is 9.05. The van der Waals surface area contributed by atoms with Crippen LogP contribution in [0.4, 0.5) is 8.78 Å². The van der Waals surface area contributed by atoms with Crippen molar-refractivity contribution in [3.05, 3.63) is 53.4 Å². The van der Waals surface area contributed by atoms with E-state index in [1.165, 1.54) is 22.9 Å². The van der Waals surface area contributed by atoms with Gasteiger partial charge in [0.15, 0.2) is 11.6 Å². The number of hydrogen-bond acceptors (Lipinski definition) is 3. The summed E-state index contributed by atoms with van der Waals surface area (Å²) in [6, 6.07) is 4.51. The molecular weight excluding hydrogens is 302 g/mol. The minimum absolute atomic E-state index is 0.00312. The summed E-state index contributed by atoms with van der Waals surface area (Å²) in [6.45, 7) is -0.446. The minimum Gasteiger partial charge on any atom is -0.390 e. The van der Waals surface area contributed by atoms with E-state index in [1.807, 2.05) is 0 Å². The van der Waals surface area contributed by atoms with Crippen LogP contribution in [0.15, 0.2) is 35.4 Å². The molecule has 0 unspecified atom stereocenters. The van der Waals surface area contributed by atoms with Gasteiger partial charge in [-0.15, -0.1) is 0 Å². The van der Waals surface area contributed by atoms with Gasteiger partial charge in [-0.1, -0.05) is 6.07 Å². The topological polar surface area (TPSA) is 71.3 Å². The van der Waals surface area contributed by atoms with Gasteiger partial charge in [0.1, 0.15) is 0 Å². The quantitative estimate of drug-likeness (QED) is 0.873. The first kappa shape index (κ1) is 15.6. The summed E-state index contributed by atoms with van der Waals surface area (Å²) in [5.41, 5.74) is 0.749. The van der Waals surface area contributed by atoms with E-state index in [9.17, 15) is 17.2 Å². The first-order valence-corrected chi connectivity index (χ1v) is 7.51. The summed E-state index contributed by atoms with van der Waals surface area (Å²) < 4.78 is 53.7. The van der Waals surface area contributed by atoms with Crippen LogP contribution in [0.2, 0.25) is 0 Å². The van der Waals surface area contributed by atoms with Crippen molar-refractivity contribution in [1.29, 1.82) is 0 Å². The molecule has 21 heavy (non-hydrogen) atoms. The summed E-state index contributed by atoms with van der Waals surface area (Å²) in [4.78, 5) is -0.00312. The molecule has 0 amide bonds. The number of halogens is 2. The Morgan fingerprint density at radius 1 is 1.24 bits per heavy atom. The Bertz CT molecular complexity index is 757. The van der Waals surface area contributed by atoms with Crippen LogP contribution in [0.5, 0.6) is 0 Å². The van der Waals surface area contributed by atoms with E-state index in [2.05, 4.69) is 4.72 Å². The second-order valence-corrected chi connectivity index (χ2v) is 6.28. The standard InChI is InChI=1S/C13H14F2N2O3S/c1-17-7-11(5-10(17)8-18)21(19,20)16-6-9-2-3-12(14)13(15)4-9/h2-5,7,16,18H,6,8H2,1H3. The summed E-state index contributed by atoms with van der Waals surface area (Å²) in [6.07, 6.45) is 1.36. The first-order valence-electron chi connectivity index (χ1n) is 6.03. The maximum Gasteiger partial charge on any atom is 0.242 e. The molecule has 2 aromatic rings. The highest BCUT2D eigenvalue weighted by molar-refractivity contribution is 7.89. The Hall–Kier alpha value is -1.77. The lowest BCUT2D eigenvalue weighted by Crippen LogP contribution is -2.23. The van der Waals surface area contributed by atoms with E-state index in [1.54, 1.807) is 7.05 Å². The van der Waals surface area contributed by atoms with E-state index in [0.29, 0.717) is 11.3 Å². The van der Waals surface area contributed by atoms with Gasteiger partial charge in [0.25, 0.3) is 0 Å². The van der Waals surface area contributed by atoms with Gasteiger partial charge >= 0.3 is 0 Å². The fraction of sp³-hybridized carbons (Fsp3) is 0.231. The van der Waals surface area contributed by atoms with Gasteiger partial charge in [0.05, 0.1) is 11.5 Å². The van der Waals surface area contributed by atoms with Crippen molar-refractivity contribution in [3.63, 3.8) is 0 Å². The fourth-order valence-electron chi connectivity index (χ4n) is 1.79. The molecule has 5 nitrogen and oxygen atoms in total. The molecule has 8 heteroatoms. The Morgan fingerprint density at radius 3 is 2.52 bits per heavy atom. The molecule has 2 rings (SSSR count). The van der Waals surface area contributed by atoms with E-state index in [-0.39, 0.29) is 18.0 Å². The van der Waals surface area contributed by atoms with Gasteiger partial charge in [-0.25, -0.2) is 21.9 Å². The second-order valence-electron chi connectivity index (χ2n) is 4.51. The third kappa shape index (κ3) is 3.46. The van der Waals surface area contributed by atoms with Crippen molar-refractivity contribution in [2.24, 2.45) is 7.05 Å². The first-order chi connectivity index (χ1) is 9.83. The molecule has 0 radical (unpaired) electrons. The summed E-state index contributed by atoms with van der Waals surface area (Å²) >= 11 is 0. The van der Waals surface area contributed by atoms with Crippen LogP contribution in [-0.4, -0.2) is 18.1 Å². The van der Waals surface area contributed by atoms with Gasteiger partial charge in [-0.3, -0.25) is 0 Å². The molecule has 0 aliphatic heterocycles. The number of aromatic nitrogens is 1. The Labute approximate surface area is 120 Å². The molecule has 114 valence electrons. The number of nitrogens with one attached hydrogen (secondary N) is 1. The smallest absolute Gasteiger partial charge is 0.242 e. The number of nitrogens with zero attached hydrogens (tertiary/aromatic N) is 1. The lowest BCUT2D eigenvalue weighted by atomic mass is 10.2. The van der Waals surface area contributed by atoms with E-state index >= 15 is 0 Å². The van der Waals surface area contributed by atoms with Gasteiger partial charge in [0, 0.05) is 25.5 Å². The molecule has 0 aliphatic rings. The molecule has 0 saturated heterocycles. The number of sulfonamides is 1. The number of benzene rings is 1.